The quantitative estimate of drug-likeness (QED) is 0.863. The minimum atomic E-state index is 0.897. The molecule has 2 aromatic rings. The van der Waals surface area contributed by atoms with Crippen LogP contribution in [0, 0.1) is 13.8 Å². The number of anilines is 1. The smallest absolute Gasteiger partial charge is 0.128 e. The van der Waals surface area contributed by atoms with Crippen molar-refractivity contribution in [3.63, 3.8) is 0 Å². The predicted octanol–water partition coefficient (Wildman–Crippen LogP) is 3.16. The molecule has 5 heteroatoms. The van der Waals surface area contributed by atoms with Gasteiger partial charge in [0.2, 0.25) is 0 Å². The van der Waals surface area contributed by atoms with Crippen LogP contribution in [0.2, 0.25) is 0 Å². The van der Waals surface area contributed by atoms with Crippen molar-refractivity contribution in [1.82, 2.24) is 14.8 Å². The normalized spacial score (nSPS) is 10.6. The molecule has 0 aliphatic rings. The van der Waals surface area contributed by atoms with Crippen LogP contribution in [0.5, 0.6) is 0 Å². The Morgan fingerprint density at radius 2 is 2.17 bits per heavy atom. The summed E-state index contributed by atoms with van der Waals surface area (Å²) in [6.07, 6.45) is 6.78. The maximum Gasteiger partial charge on any atom is 0.128 e. The van der Waals surface area contributed by atoms with Crippen molar-refractivity contribution < 1.29 is 0 Å². The fourth-order valence-electron chi connectivity index (χ4n) is 1.76. The van der Waals surface area contributed by atoms with Gasteiger partial charge in [-0.2, -0.15) is 5.10 Å². The molecule has 2 heterocycles. The summed E-state index contributed by atoms with van der Waals surface area (Å²) >= 11 is 3.41. The van der Waals surface area contributed by atoms with Crippen LogP contribution in [0.4, 0.5) is 5.82 Å². The maximum atomic E-state index is 4.35. The fourth-order valence-corrected chi connectivity index (χ4v) is 2.21. The molecular weight excluding hydrogens is 292 g/mol. The van der Waals surface area contributed by atoms with Crippen molar-refractivity contribution in [2.75, 3.05) is 11.9 Å². The van der Waals surface area contributed by atoms with Crippen molar-refractivity contribution in [3.05, 3.63) is 40.3 Å². The molecule has 0 aliphatic heterocycles. The Morgan fingerprint density at radius 1 is 1.33 bits per heavy atom. The number of hydrogen-bond acceptors (Lipinski definition) is 3. The third kappa shape index (κ3) is 3.57. The molecular formula is C13H17BrN4. The van der Waals surface area contributed by atoms with Crippen molar-refractivity contribution in [2.24, 2.45) is 0 Å². The highest BCUT2D eigenvalue weighted by molar-refractivity contribution is 9.10. The molecule has 0 unspecified atom stereocenters. The van der Waals surface area contributed by atoms with Gasteiger partial charge in [0.15, 0.2) is 0 Å². The fraction of sp³-hybridized carbons (Fsp3) is 0.385. The SMILES string of the molecule is Cc1cnn(CCCNc2ncc(Br)cc2C)c1. The van der Waals surface area contributed by atoms with E-state index in [9.17, 15) is 0 Å². The number of aryl methyl sites for hydroxylation is 3. The van der Waals surface area contributed by atoms with E-state index in [1.165, 1.54) is 5.56 Å². The van der Waals surface area contributed by atoms with Gasteiger partial charge in [0.25, 0.3) is 0 Å². The zero-order valence-corrected chi connectivity index (χ0v) is 12.2. The molecule has 18 heavy (non-hydrogen) atoms. The summed E-state index contributed by atoms with van der Waals surface area (Å²) in [7, 11) is 0. The summed E-state index contributed by atoms with van der Waals surface area (Å²) in [5, 5.41) is 7.60. The van der Waals surface area contributed by atoms with E-state index in [0.29, 0.717) is 0 Å². The van der Waals surface area contributed by atoms with Gasteiger partial charge in [0, 0.05) is 30.0 Å². The summed E-state index contributed by atoms with van der Waals surface area (Å²) in [6, 6.07) is 2.06. The Bertz CT molecular complexity index is 521. The summed E-state index contributed by atoms with van der Waals surface area (Å²) in [5.74, 6) is 0.954. The predicted molar refractivity (Wildman–Crippen MR) is 76.7 cm³/mol. The highest BCUT2D eigenvalue weighted by atomic mass is 79.9. The third-order valence-electron chi connectivity index (χ3n) is 2.66. The molecule has 2 aromatic heterocycles. The number of nitrogens with one attached hydrogen (secondary N) is 1. The van der Waals surface area contributed by atoms with E-state index in [0.717, 1.165) is 35.4 Å². The molecule has 2 rings (SSSR count). The topological polar surface area (TPSA) is 42.7 Å². The lowest BCUT2D eigenvalue weighted by Gasteiger charge is -2.08. The van der Waals surface area contributed by atoms with Crippen LogP contribution in [0.25, 0.3) is 0 Å². The first-order valence-corrected chi connectivity index (χ1v) is 6.79. The van der Waals surface area contributed by atoms with Crippen LogP contribution < -0.4 is 5.32 Å². The van der Waals surface area contributed by atoms with Gasteiger partial charge in [-0.05, 0) is 53.4 Å². The average molecular weight is 309 g/mol. The molecule has 0 spiro atoms. The number of aromatic nitrogens is 3. The molecule has 0 amide bonds. The summed E-state index contributed by atoms with van der Waals surface area (Å²) in [6.45, 7) is 5.93. The number of rotatable bonds is 5. The molecule has 0 saturated heterocycles. The lowest BCUT2D eigenvalue weighted by molar-refractivity contribution is 0.591. The second-order valence-corrected chi connectivity index (χ2v) is 5.30. The van der Waals surface area contributed by atoms with E-state index in [2.05, 4.69) is 57.4 Å². The van der Waals surface area contributed by atoms with E-state index >= 15 is 0 Å². The summed E-state index contributed by atoms with van der Waals surface area (Å²) in [5.41, 5.74) is 2.35. The van der Waals surface area contributed by atoms with E-state index in [1.54, 1.807) is 0 Å². The van der Waals surface area contributed by atoms with Gasteiger partial charge < -0.3 is 5.32 Å². The van der Waals surface area contributed by atoms with E-state index in [-0.39, 0.29) is 0 Å². The van der Waals surface area contributed by atoms with Crippen LogP contribution in [-0.2, 0) is 6.54 Å². The molecule has 0 aliphatic carbocycles. The Labute approximate surface area is 116 Å². The van der Waals surface area contributed by atoms with Crippen molar-refractivity contribution in [2.45, 2.75) is 26.8 Å². The van der Waals surface area contributed by atoms with Gasteiger partial charge in [-0.25, -0.2) is 4.98 Å². The minimum absolute atomic E-state index is 0.897. The van der Waals surface area contributed by atoms with Gasteiger partial charge >= 0.3 is 0 Å². The largest absolute Gasteiger partial charge is 0.370 e. The molecule has 96 valence electrons. The average Bonchev–Trinajstić information content (AvgIpc) is 2.73. The molecule has 0 bridgehead atoms. The molecule has 0 saturated carbocycles. The highest BCUT2D eigenvalue weighted by Gasteiger charge is 2.00. The Kier molecular flexibility index (Phi) is 4.36. The van der Waals surface area contributed by atoms with Gasteiger partial charge in [-0.15, -0.1) is 0 Å². The first-order chi connectivity index (χ1) is 8.65. The molecule has 0 atom stereocenters. The monoisotopic (exact) mass is 308 g/mol. The first kappa shape index (κ1) is 13.1. The molecule has 0 radical (unpaired) electrons. The van der Waals surface area contributed by atoms with Gasteiger partial charge in [-0.3, -0.25) is 4.68 Å². The van der Waals surface area contributed by atoms with Crippen molar-refractivity contribution in [3.8, 4) is 0 Å². The molecule has 4 nitrogen and oxygen atoms in total. The van der Waals surface area contributed by atoms with E-state index in [4.69, 9.17) is 0 Å². The number of halogens is 1. The zero-order valence-electron chi connectivity index (χ0n) is 10.7. The maximum absolute atomic E-state index is 4.35. The summed E-state index contributed by atoms with van der Waals surface area (Å²) in [4.78, 5) is 4.35. The van der Waals surface area contributed by atoms with Crippen LogP contribution in [0.3, 0.4) is 0 Å². The number of nitrogens with zero attached hydrogens (tertiary/aromatic N) is 3. The van der Waals surface area contributed by atoms with Gasteiger partial charge in [-0.1, -0.05) is 0 Å². The zero-order chi connectivity index (χ0) is 13.0. The van der Waals surface area contributed by atoms with Crippen molar-refractivity contribution >= 4 is 21.7 Å². The molecule has 1 N–H and O–H groups in total. The van der Waals surface area contributed by atoms with E-state index in [1.807, 2.05) is 17.1 Å². The Morgan fingerprint density at radius 3 is 2.83 bits per heavy atom. The lowest BCUT2D eigenvalue weighted by Crippen LogP contribution is -2.08. The lowest BCUT2D eigenvalue weighted by atomic mass is 10.3. The van der Waals surface area contributed by atoms with Gasteiger partial charge in [0.1, 0.15) is 5.82 Å². The minimum Gasteiger partial charge on any atom is -0.370 e. The van der Waals surface area contributed by atoms with Crippen LogP contribution >= 0.6 is 15.9 Å². The van der Waals surface area contributed by atoms with E-state index < -0.39 is 0 Å². The summed E-state index contributed by atoms with van der Waals surface area (Å²) < 4.78 is 2.98. The van der Waals surface area contributed by atoms with Gasteiger partial charge in [0.05, 0.1) is 6.20 Å². The molecule has 0 fully saturated rings. The van der Waals surface area contributed by atoms with Crippen LogP contribution in [-0.4, -0.2) is 21.3 Å². The first-order valence-electron chi connectivity index (χ1n) is 6.00. The Balaban J connectivity index is 1.78. The third-order valence-corrected chi connectivity index (χ3v) is 3.10. The number of hydrogen-bond donors (Lipinski definition) is 1. The van der Waals surface area contributed by atoms with Crippen LogP contribution in [0.15, 0.2) is 29.1 Å². The second kappa shape index (κ2) is 6.00. The number of pyridine rings is 1. The standard InChI is InChI=1S/C13H17BrN4/c1-10-7-17-18(9-10)5-3-4-15-13-11(2)6-12(14)8-16-13/h6-9H,3-5H2,1-2H3,(H,15,16). The van der Waals surface area contributed by atoms with Crippen LogP contribution in [0.1, 0.15) is 17.5 Å². The Hall–Kier alpha value is -1.36. The highest BCUT2D eigenvalue weighted by Crippen LogP contribution is 2.16. The second-order valence-electron chi connectivity index (χ2n) is 4.38. The molecule has 0 aromatic carbocycles. The van der Waals surface area contributed by atoms with Crippen molar-refractivity contribution in [1.29, 1.82) is 0 Å².